The third-order valence-electron chi connectivity index (χ3n) is 5.48. The molecule has 0 saturated heterocycles. The molecule has 2 aliphatic rings. The monoisotopic (exact) mass is 236 g/mol. The first kappa shape index (κ1) is 13.1. The molecule has 0 radical (unpaired) electrons. The van der Waals surface area contributed by atoms with E-state index in [1.54, 1.807) is 5.57 Å². The summed E-state index contributed by atoms with van der Waals surface area (Å²) in [7, 11) is 0. The number of hydrogen-bond donors (Lipinski definition) is 1. The average Bonchev–Trinajstić information content (AvgIpc) is 2.22. The van der Waals surface area contributed by atoms with E-state index in [1.807, 2.05) is 0 Å². The van der Waals surface area contributed by atoms with Crippen LogP contribution in [-0.2, 0) is 0 Å². The third kappa shape index (κ3) is 2.07. The fourth-order valence-corrected chi connectivity index (χ4v) is 4.67. The predicted octanol–water partition coefficient (Wildman–Crippen LogP) is 4.17. The Labute approximate surface area is 106 Å². The second-order valence-corrected chi connectivity index (χ2v) is 7.10. The lowest BCUT2D eigenvalue weighted by molar-refractivity contribution is 0.0563. The fraction of sp³-hybridized carbons (Fsp3) is 0.875. The van der Waals surface area contributed by atoms with E-state index in [0.29, 0.717) is 23.4 Å². The van der Waals surface area contributed by atoms with Crippen molar-refractivity contribution in [1.29, 1.82) is 0 Å². The Morgan fingerprint density at radius 3 is 2.65 bits per heavy atom. The second-order valence-electron chi connectivity index (χ2n) is 7.10. The highest BCUT2D eigenvalue weighted by Gasteiger charge is 2.48. The molecule has 2 rings (SSSR count). The van der Waals surface area contributed by atoms with Crippen molar-refractivity contribution in [3.05, 3.63) is 11.6 Å². The van der Waals surface area contributed by atoms with Crippen LogP contribution < -0.4 is 0 Å². The minimum absolute atomic E-state index is 0.346. The summed E-state index contributed by atoms with van der Waals surface area (Å²) in [6.07, 6.45) is 8.70. The van der Waals surface area contributed by atoms with Gasteiger partial charge in [-0.2, -0.15) is 0 Å². The lowest BCUT2D eigenvalue weighted by Gasteiger charge is -2.54. The van der Waals surface area contributed by atoms with E-state index in [0.717, 1.165) is 12.3 Å². The zero-order chi connectivity index (χ0) is 12.7. The van der Waals surface area contributed by atoms with Gasteiger partial charge in [-0.05, 0) is 48.3 Å². The lowest BCUT2D eigenvalue weighted by Crippen LogP contribution is -2.44. The maximum atomic E-state index is 9.35. The zero-order valence-electron chi connectivity index (χ0n) is 11.9. The summed E-state index contributed by atoms with van der Waals surface area (Å²) in [5.41, 5.74) is 2.41. The van der Waals surface area contributed by atoms with Gasteiger partial charge >= 0.3 is 0 Å². The average molecular weight is 236 g/mol. The van der Waals surface area contributed by atoms with Crippen molar-refractivity contribution in [3.63, 3.8) is 0 Å². The number of fused-ring (bicyclic) bond motifs is 1. The summed E-state index contributed by atoms with van der Waals surface area (Å²) in [6, 6.07) is 0. The molecule has 0 spiro atoms. The molecular formula is C16H28O. The highest BCUT2D eigenvalue weighted by Crippen LogP contribution is 2.59. The van der Waals surface area contributed by atoms with Crippen LogP contribution in [0, 0.1) is 22.7 Å². The van der Waals surface area contributed by atoms with Gasteiger partial charge in [0, 0.05) is 6.61 Å². The number of aliphatic hydroxyl groups excluding tert-OH is 1. The van der Waals surface area contributed by atoms with E-state index in [2.05, 4.69) is 33.8 Å². The van der Waals surface area contributed by atoms with Gasteiger partial charge in [0.05, 0.1) is 0 Å². The number of rotatable bonds is 2. The summed E-state index contributed by atoms with van der Waals surface area (Å²) < 4.78 is 0. The van der Waals surface area contributed by atoms with Crippen LogP contribution in [0.2, 0.25) is 0 Å². The molecular weight excluding hydrogens is 208 g/mol. The van der Waals surface area contributed by atoms with E-state index in [1.165, 1.54) is 25.7 Å². The highest BCUT2D eigenvalue weighted by molar-refractivity contribution is 5.27. The van der Waals surface area contributed by atoms with Crippen molar-refractivity contribution in [1.82, 2.24) is 0 Å². The topological polar surface area (TPSA) is 20.2 Å². The molecule has 0 aromatic heterocycles. The van der Waals surface area contributed by atoms with Crippen LogP contribution in [0.5, 0.6) is 0 Å². The second kappa shape index (κ2) is 4.42. The van der Waals surface area contributed by atoms with Gasteiger partial charge in [-0.15, -0.1) is 0 Å². The van der Waals surface area contributed by atoms with Crippen molar-refractivity contribution >= 4 is 0 Å². The molecule has 1 fully saturated rings. The summed E-state index contributed by atoms with van der Waals surface area (Å²) in [6.45, 7) is 9.97. The minimum Gasteiger partial charge on any atom is -0.396 e. The quantitative estimate of drug-likeness (QED) is 0.714. The van der Waals surface area contributed by atoms with Crippen molar-refractivity contribution in [2.45, 2.75) is 59.8 Å². The van der Waals surface area contributed by atoms with Gasteiger partial charge in [0.25, 0.3) is 0 Å². The summed E-state index contributed by atoms with van der Waals surface area (Å²) in [5.74, 6) is 1.40. The first-order valence-corrected chi connectivity index (χ1v) is 7.24. The Balaban J connectivity index is 2.37. The van der Waals surface area contributed by atoms with Crippen molar-refractivity contribution in [2.75, 3.05) is 6.61 Å². The van der Waals surface area contributed by atoms with Crippen molar-refractivity contribution in [3.8, 4) is 0 Å². The van der Waals surface area contributed by atoms with Crippen LogP contribution in [0.25, 0.3) is 0 Å². The van der Waals surface area contributed by atoms with Gasteiger partial charge in [-0.1, -0.05) is 45.8 Å². The van der Waals surface area contributed by atoms with Gasteiger partial charge in [0.2, 0.25) is 0 Å². The predicted molar refractivity (Wildman–Crippen MR) is 72.8 cm³/mol. The number of aliphatic hydroxyl groups is 1. The molecule has 1 saturated carbocycles. The van der Waals surface area contributed by atoms with Crippen LogP contribution in [0.4, 0.5) is 0 Å². The number of allylic oxidation sites excluding steroid dienone is 2. The maximum absolute atomic E-state index is 9.35. The van der Waals surface area contributed by atoms with Gasteiger partial charge < -0.3 is 5.11 Å². The Hall–Kier alpha value is -0.300. The molecule has 98 valence electrons. The Morgan fingerprint density at radius 2 is 2.00 bits per heavy atom. The fourth-order valence-electron chi connectivity index (χ4n) is 4.67. The summed E-state index contributed by atoms with van der Waals surface area (Å²) in [5, 5.41) is 9.35. The molecule has 1 nitrogen and oxygen atoms in total. The normalized spacial score (nSPS) is 40.6. The smallest absolute Gasteiger partial charge is 0.0434 e. The largest absolute Gasteiger partial charge is 0.396 e. The van der Waals surface area contributed by atoms with Crippen LogP contribution in [0.3, 0.4) is 0 Å². The molecule has 1 N–H and O–H groups in total. The van der Waals surface area contributed by atoms with Gasteiger partial charge in [-0.25, -0.2) is 0 Å². The SMILES string of the molecule is CC1CC=C2C(C)(C)CCC[C@]2(C)C1CCO. The molecule has 1 heteroatoms. The standard InChI is InChI=1S/C16H28O/c1-12-6-7-14-15(2,3)9-5-10-16(14,4)13(12)8-11-17/h7,12-13,17H,5-6,8-11H2,1-4H3/t12?,13?,16-/m1/s1. The molecule has 3 atom stereocenters. The molecule has 2 aliphatic carbocycles. The molecule has 2 unspecified atom stereocenters. The first-order chi connectivity index (χ1) is 7.92. The van der Waals surface area contributed by atoms with Gasteiger partial charge in [0.15, 0.2) is 0 Å². The third-order valence-corrected chi connectivity index (χ3v) is 5.48. The van der Waals surface area contributed by atoms with E-state index >= 15 is 0 Å². The van der Waals surface area contributed by atoms with Crippen LogP contribution >= 0.6 is 0 Å². The molecule has 0 heterocycles. The molecule has 0 amide bonds. The Kier molecular flexibility index (Phi) is 3.42. The summed E-state index contributed by atoms with van der Waals surface area (Å²) in [4.78, 5) is 0. The van der Waals surface area contributed by atoms with Crippen molar-refractivity contribution in [2.24, 2.45) is 22.7 Å². The first-order valence-electron chi connectivity index (χ1n) is 7.24. The Bertz CT molecular complexity index is 315. The van der Waals surface area contributed by atoms with E-state index in [9.17, 15) is 5.11 Å². The highest BCUT2D eigenvalue weighted by atomic mass is 16.3. The van der Waals surface area contributed by atoms with E-state index < -0.39 is 0 Å². The zero-order valence-corrected chi connectivity index (χ0v) is 11.9. The maximum Gasteiger partial charge on any atom is 0.0434 e. The van der Waals surface area contributed by atoms with Gasteiger partial charge in [0.1, 0.15) is 0 Å². The molecule has 0 aromatic carbocycles. The lowest BCUT2D eigenvalue weighted by atomic mass is 9.51. The van der Waals surface area contributed by atoms with Gasteiger partial charge in [-0.3, -0.25) is 0 Å². The van der Waals surface area contributed by atoms with E-state index in [-0.39, 0.29) is 0 Å². The van der Waals surface area contributed by atoms with E-state index in [4.69, 9.17) is 0 Å². The molecule has 0 aromatic rings. The molecule has 0 bridgehead atoms. The number of hydrogen-bond acceptors (Lipinski definition) is 1. The van der Waals surface area contributed by atoms with Crippen LogP contribution in [0.1, 0.15) is 59.8 Å². The van der Waals surface area contributed by atoms with Crippen LogP contribution in [-0.4, -0.2) is 11.7 Å². The molecule has 17 heavy (non-hydrogen) atoms. The summed E-state index contributed by atoms with van der Waals surface area (Å²) >= 11 is 0. The van der Waals surface area contributed by atoms with Crippen molar-refractivity contribution < 1.29 is 5.11 Å². The minimum atomic E-state index is 0.346. The molecule has 0 aliphatic heterocycles. The van der Waals surface area contributed by atoms with Crippen LogP contribution in [0.15, 0.2) is 11.6 Å². The Morgan fingerprint density at radius 1 is 1.29 bits per heavy atom.